The second-order valence-electron chi connectivity index (χ2n) is 4.65. The number of carbonyl (C=O) groups is 1. The number of nitro groups is 1. The number of aryl methyl sites for hydroxylation is 1. The van der Waals surface area contributed by atoms with Crippen LogP contribution in [-0.2, 0) is 0 Å². The van der Waals surface area contributed by atoms with Crippen molar-refractivity contribution in [1.82, 2.24) is 10.2 Å². The van der Waals surface area contributed by atoms with Crippen molar-refractivity contribution < 1.29 is 19.2 Å². The van der Waals surface area contributed by atoms with Gasteiger partial charge in [0.1, 0.15) is 5.75 Å². The minimum absolute atomic E-state index is 0.0636. The number of hydrogen-bond acceptors (Lipinski definition) is 6. The molecule has 1 aromatic carbocycles. The van der Waals surface area contributed by atoms with Gasteiger partial charge in [0.05, 0.1) is 12.0 Å². The van der Waals surface area contributed by atoms with Gasteiger partial charge in [-0.05, 0) is 12.5 Å². The maximum absolute atomic E-state index is 12.0. The minimum atomic E-state index is -0.534. The number of nitrogens with one attached hydrogen (secondary N) is 1. The molecular weight excluding hydrogens is 278 g/mol. The second kappa shape index (κ2) is 6.40. The number of rotatable bonds is 3. The van der Waals surface area contributed by atoms with Crippen LogP contribution in [0.5, 0.6) is 11.5 Å². The summed E-state index contributed by atoms with van der Waals surface area (Å²) >= 11 is 0. The first kappa shape index (κ1) is 15.0. The third-order valence-electron chi connectivity index (χ3n) is 3.25. The zero-order valence-corrected chi connectivity index (χ0v) is 11.9. The molecular formula is C13H17N3O5. The molecule has 0 atom stereocenters. The number of nitro benzene ring substituents is 1. The highest BCUT2D eigenvalue weighted by Crippen LogP contribution is 2.34. The van der Waals surface area contributed by atoms with Gasteiger partial charge in [-0.2, -0.15) is 0 Å². The summed E-state index contributed by atoms with van der Waals surface area (Å²) in [6.07, 6.45) is -0.462. The van der Waals surface area contributed by atoms with Crippen LogP contribution in [-0.4, -0.2) is 49.2 Å². The van der Waals surface area contributed by atoms with Crippen molar-refractivity contribution in [3.8, 4) is 11.5 Å². The summed E-state index contributed by atoms with van der Waals surface area (Å²) in [6.45, 7) is 4.23. The van der Waals surface area contributed by atoms with Crippen molar-refractivity contribution in [1.29, 1.82) is 0 Å². The Hall–Kier alpha value is -2.35. The molecule has 2 rings (SSSR count). The van der Waals surface area contributed by atoms with Crippen LogP contribution in [0.2, 0.25) is 0 Å². The molecule has 0 aliphatic carbocycles. The van der Waals surface area contributed by atoms with Crippen LogP contribution < -0.4 is 14.8 Å². The van der Waals surface area contributed by atoms with E-state index in [9.17, 15) is 14.9 Å². The Labute approximate surface area is 121 Å². The number of ether oxygens (including phenoxy) is 2. The molecule has 0 aromatic heterocycles. The van der Waals surface area contributed by atoms with Crippen molar-refractivity contribution in [3.05, 3.63) is 27.8 Å². The first-order valence-corrected chi connectivity index (χ1v) is 6.53. The van der Waals surface area contributed by atoms with Crippen LogP contribution in [0.15, 0.2) is 12.1 Å². The average Bonchev–Trinajstić information content (AvgIpc) is 2.49. The lowest BCUT2D eigenvalue weighted by atomic mass is 10.2. The number of methoxy groups -OCH3 is 1. The predicted octanol–water partition coefficient (Wildman–Crippen LogP) is 1.32. The molecule has 8 nitrogen and oxygen atoms in total. The summed E-state index contributed by atoms with van der Waals surface area (Å²) in [5, 5.41) is 14.1. The average molecular weight is 295 g/mol. The normalized spacial score (nSPS) is 14.7. The van der Waals surface area contributed by atoms with Gasteiger partial charge in [0.2, 0.25) is 5.75 Å². The highest BCUT2D eigenvalue weighted by molar-refractivity contribution is 5.72. The number of carbonyl (C=O) groups excluding carboxylic acids is 1. The molecule has 0 spiro atoms. The van der Waals surface area contributed by atoms with E-state index in [0.29, 0.717) is 18.7 Å². The van der Waals surface area contributed by atoms with Gasteiger partial charge in [-0.3, -0.25) is 10.1 Å². The van der Waals surface area contributed by atoms with Crippen LogP contribution in [0.4, 0.5) is 10.5 Å². The molecule has 0 bridgehead atoms. The second-order valence-corrected chi connectivity index (χ2v) is 4.65. The van der Waals surface area contributed by atoms with Crippen LogP contribution in [0, 0.1) is 17.0 Å². The smallest absolute Gasteiger partial charge is 0.415 e. The van der Waals surface area contributed by atoms with E-state index in [1.165, 1.54) is 19.2 Å². The Bertz CT molecular complexity index is 555. The van der Waals surface area contributed by atoms with Crippen molar-refractivity contribution in [2.45, 2.75) is 6.92 Å². The van der Waals surface area contributed by atoms with Gasteiger partial charge >= 0.3 is 11.8 Å². The first-order chi connectivity index (χ1) is 10.0. The van der Waals surface area contributed by atoms with E-state index >= 15 is 0 Å². The lowest BCUT2D eigenvalue weighted by molar-refractivity contribution is -0.385. The quantitative estimate of drug-likeness (QED) is 0.667. The zero-order chi connectivity index (χ0) is 15.4. The molecule has 1 aromatic rings. The van der Waals surface area contributed by atoms with Gasteiger partial charge < -0.3 is 19.7 Å². The van der Waals surface area contributed by atoms with Crippen LogP contribution in [0.25, 0.3) is 0 Å². The van der Waals surface area contributed by atoms with E-state index in [1.54, 1.807) is 11.8 Å². The maximum Gasteiger partial charge on any atom is 0.415 e. The molecule has 8 heteroatoms. The molecule has 0 saturated carbocycles. The fourth-order valence-electron chi connectivity index (χ4n) is 2.08. The van der Waals surface area contributed by atoms with Crippen molar-refractivity contribution in [2.24, 2.45) is 0 Å². The number of benzene rings is 1. The fourth-order valence-corrected chi connectivity index (χ4v) is 2.08. The van der Waals surface area contributed by atoms with E-state index in [-0.39, 0.29) is 17.2 Å². The molecule has 1 aliphatic rings. The molecule has 21 heavy (non-hydrogen) atoms. The molecule has 1 N–H and O–H groups in total. The van der Waals surface area contributed by atoms with E-state index in [0.717, 1.165) is 13.1 Å². The molecule has 1 fully saturated rings. The summed E-state index contributed by atoms with van der Waals surface area (Å²) in [5.41, 5.74) is 0.350. The first-order valence-electron chi connectivity index (χ1n) is 6.53. The predicted molar refractivity (Wildman–Crippen MR) is 74.9 cm³/mol. The van der Waals surface area contributed by atoms with Gasteiger partial charge in [0.25, 0.3) is 0 Å². The Morgan fingerprint density at radius 2 is 2.00 bits per heavy atom. The number of hydrogen-bond donors (Lipinski definition) is 1. The third-order valence-corrected chi connectivity index (χ3v) is 3.25. The van der Waals surface area contributed by atoms with Crippen LogP contribution >= 0.6 is 0 Å². The highest BCUT2D eigenvalue weighted by atomic mass is 16.6. The topological polar surface area (TPSA) is 93.9 Å². The zero-order valence-electron chi connectivity index (χ0n) is 11.9. The van der Waals surface area contributed by atoms with E-state index < -0.39 is 11.0 Å². The fraction of sp³-hybridized carbons (Fsp3) is 0.462. The van der Waals surface area contributed by atoms with Crippen molar-refractivity contribution in [3.63, 3.8) is 0 Å². The SMILES string of the molecule is COc1cc(OC(=O)N2CCNCC2)c(C)cc1[N+](=O)[O-]. The largest absolute Gasteiger partial charge is 0.490 e. The summed E-state index contributed by atoms with van der Waals surface area (Å²) in [6, 6.07) is 2.70. The molecule has 1 heterocycles. The number of amides is 1. The Morgan fingerprint density at radius 3 is 2.57 bits per heavy atom. The third kappa shape index (κ3) is 3.40. The molecule has 114 valence electrons. The Morgan fingerprint density at radius 1 is 1.33 bits per heavy atom. The van der Waals surface area contributed by atoms with Gasteiger partial charge in [0.15, 0.2) is 0 Å². The lowest BCUT2D eigenvalue weighted by Crippen LogP contribution is -2.47. The Balaban J connectivity index is 2.19. The standard InChI is InChI=1S/C13H17N3O5/c1-9-7-10(16(18)19)12(20-2)8-11(9)21-13(17)15-5-3-14-4-6-15/h7-8,14H,3-6H2,1-2H3. The maximum atomic E-state index is 12.0. The molecule has 1 amide bonds. The van der Waals surface area contributed by atoms with E-state index in [4.69, 9.17) is 9.47 Å². The molecule has 1 aliphatic heterocycles. The summed E-state index contributed by atoms with van der Waals surface area (Å²) in [7, 11) is 1.33. The number of piperazine rings is 1. The molecule has 1 saturated heterocycles. The monoisotopic (exact) mass is 295 g/mol. The van der Waals surface area contributed by atoms with E-state index in [1.807, 2.05) is 0 Å². The minimum Gasteiger partial charge on any atom is -0.490 e. The summed E-state index contributed by atoms with van der Waals surface area (Å²) < 4.78 is 10.3. The van der Waals surface area contributed by atoms with Gasteiger partial charge in [0, 0.05) is 38.3 Å². The van der Waals surface area contributed by atoms with Crippen LogP contribution in [0.3, 0.4) is 0 Å². The van der Waals surface area contributed by atoms with E-state index in [2.05, 4.69) is 5.32 Å². The van der Waals surface area contributed by atoms with Crippen LogP contribution in [0.1, 0.15) is 5.56 Å². The molecule has 0 radical (unpaired) electrons. The van der Waals surface area contributed by atoms with Crippen molar-refractivity contribution in [2.75, 3.05) is 33.3 Å². The van der Waals surface area contributed by atoms with Gasteiger partial charge in [-0.1, -0.05) is 0 Å². The van der Waals surface area contributed by atoms with Gasteiger partial charge in [-0.15, -0.1) is 0 Å². The summed E-state index contributed by atoms with van der Waals surface area (Å²) in [5.74, 6) is 0.328. The molecule has 0 unspecified atom stereocenters. The Kier molecular flexibility index (Phi) is 4.59. The highest BCUT2D eigenvalue weighted by Gasteiger charge is 2.22. The van der Waals surface area contributed by atoms with Gasteiger partial charge in [-0.25, -0.2) is 4.79 Å². The lowest BCUT2D eigenvalue weighted by Gasteiger charge is -2.26. The number of nitrogens with zero attached hydrogens (tertiary/aromatic N) is 2. The van der Waals surface area contributed by atoms with Crippen molar-refractivity contribution >= 4 is 11.8 Å². The summed E-state index contributed by atoms with van der Waals surface area (Å²) in [4.78, 5) is 24.0.